The molecule has 0 atom stereocenters. The van der Waals surface area contributed by atoms with Crippen LogP contribution in [0.2, 0.25) is 5.15 Å². The number of aromatic carboxylic acids is 1. The highest BCUT2D eigenvalue weighted by Gasteiger charge is 2.10. The van der Waals surface area contributed by atoms with Crippen molar-refractivity contribution in [3.63, 3.8) is 0 Å². The number of hydrogen-bond acceptors (Lipinski definition) is 5. The van der Waals surface area contributed by atoms with Crippen LogP contribution >= 0.6 is 11.6 Å². The molecule has 7 nitrogen and oxygen atoms in total. The van der Waals surface area contributed by atoms with Gasteiger partial charge in [-0.25, -0.2) is 19.7 Å². The zero-order valence-corrected chi connectivity index (χ0v) is 10.1. The van der Waals surface area contributed by atoms with Crippen LogP contribution in [0, 0.1) is 0 Å². The summed E-state index contributed by atoms with van der Waals surface area (Å²) in [6, 6.07) is 2.56. The van der Waals surface area contributed by atoms with Crippen LogP contribution in [-0.2, 0) is 0 Å². The molecule has 0 aromatic carbocycles. The fourth-order valence-corrected chi connectivity index (χ4v) is 1.34. The van der Waals surface area contributed by atoms with Gasteiger partial charge in [-0.05, 0) is 12.1 Å². The first-order chi connectivity index (χ1) is 9.06. The highest BCUT2D eigenvalue weighted by molar-refractivity contribution is 6.29. The molecule has 0 saturated heterocycles. The molecule has 2 aromatic rings. The molecular weight excluding hydrogens is 272 g/mol. The molecule has 0 fully saturated rings. The molecule has 0 radical (unpaired) electrons. The van der Waals surface area contributed by atoms with Crippen molar-refractivity contribution >= 4 is 29.3 Å². The highest BCUT2D eigenvalue weighted by atomic mass is 35.5. The van der Waals surface area contributed by atoms with Crippen molar-refractivity contribution in [2.24, 2.45) is 0 Å². The van der Waals surface area contributed by atoms with Gasteiger partial charge in [-0.3, -0.25) is 4.79 Å². The second kappa shape index (κ2) is 5.40. The van der Waals surface area contributed by atoms with Crippen molar-refractivity contribution in [2.75, 3.05) is 5.32 Å². The van der Waals surface area contributed by atoms with E-state index in [4.69, 9.17) is 16.7 Å². The van der Waals surface area contributed by atoms with Crippen molar-refractivity contribution in [2.45, 2.75) is 0 Å². The molecule has 1 amide bonds. The van der Waals surface area contributed by atoms with Gasteiger partial charge in [-0.1, -0.05) is 11.6 Å². The van der Waals surface area contributed by atoms with Crippen molar-refractivity contribution in [1.29, 1.82) is 0 Å². The number of pyridine rings is 1. The maximum Gasteiger partial charge on any atom is 0.335 e. The molecule has 2 heterocycles. The number of rotatable bonds is 3. The molecule has 2 N–H and O–H groups in total. The van der Waals surface area contributed by atoms with Gasteiger partial charge in [0.2, 0.25) is 0 Å². The molecule has 96 valence electrons. The fraction of sp³-hybridized carbons (Fsp3) is 0. The molecule has 0 spiro atoms. The fourth-order valence-electron chi connectivity index (χ4n) is 1.24. The standard InChI is InChI=1S/C11H7ClN4O3/c12-8-5-14-7(4-15-8)10(17)16-9-3-6(11(18)19)1-2-13-9/h1-5H,(H,18,19)(H,13,16,17). The number of aromatic nitrogens is 3. The van der Waals surface area contributed by atoms with Crippen LogP contribution in [0.5, 0.6) is 0 Å². The van der Waals surface area contributed by atoms with Crippen molar-refractivity contribution < 1.29 is 14.7 Å². The van der Waals surface area contributed by atoms with Gasteiger partial charge in [-0.2, -0.15) is 0 Å². The number of amides is 1. The molecule has 19 heavy (non-hydrogen) atoms. The van der Waals surface area contributed by atoms with Crippen LogP contribution in [-0.4, -0.2) is 31.9 Å². The Hall–Kier alpha value is -2.54. The Balaban J connectivity index is 2.17. The summed E-state index contributed by atoms with van der Waals surface area (Å²) in [6.07, 6.45) is 3.73. The summed E-state index contributed by atoms with van der Waals surface area (Å²) in [6.45, 7) is 0. The molecule has 0 saturated carbocycles. The van der Waals surface area contributed by atoms with E-state index in [0.717, 1.165) is 0 Å². The summed E-state index contributed by atoms with van der Waals surface area (Å²) in [7, 11) is 0. The van der Waals surface area contributed by atoms with Crippen LogP contribution in [0.25, 0.3) is 0 Å². The van der Waals surface area contributed by atoms with Gasteiger partial charge in [0, 0.05) is 6.20 Å². The van der Waals surface area contributed by atoms with E-state index in [-0.39, 0.29) is 22.2 Å². The van der Waals surface area contributed by atoms with Crippen molar-refractivity contribution in [1.82, 2.24) is 15.0 Å². The minimum Gasteiger partial charge on any atom is -0.478 e. The maximum atomic E-state index is 11.8. The lowest BCUT2D eigenvalue weighted by atomic mass is 10.2. The number of carbonyl (C=O) groups excluding carboxylic acids is 1. The minimum absolute atomic E-state index is 0.0208. The summed E-state index contributed by atoms with van der Waals surface area (Å²) < 4.78 is 0. The lowest BCUT2D eigenvalue weighted by Gasteiger charge is -2.04. The molecule has 2 aromatic heterocycles. The smallest absolute Gasteiger partial charge is 0.335 e. The van der Waals surface area contributed by atoms with Crippen molar-refractivity contribution in [3.05, 3.63) is 47.1 Å². The largest absolute Gasteiger partial charge is 0.478 e. The summed E-state index contributed by atoms with van der Waals surface area (Å²) in [5.74, 6) is -1.55. The quantitative estimate of drug-likeness (QED) is 0.881. The third-order valence-corrected chi connectivity index (χ3v) is 2.30. The second-order valence-electron chi connectivity index (χ2n) is 3.41. The van der Waals surface area contributed by atoms with Gasteiger partial charge in [0.15, 0.2) is 0 Å². The van der Waals surface area contributed by atoms with E-state index in [1.807, 2.05) is 0 Å². The van der Waals surface area contributed by atoms with Gasteiger partial charge in [0.1, 0.15) is 16.7 Å². The monoisotopic (exact) mass is 278 g/mol. The Kier molecular flexibility index (Phi) is 3.67. The zero-order chi connectivity index (χ0) is 13.8. The zero-order valence-electron chi connectivity index (χ0n) is 9.37. The van der Waals surface area contributed by atoms with E-state index in [1.54, 1.807) is 0 Å². The average Bonchev–Trinajstić information content (AvgIpc) is 2.39. The third-order valence-electron chi connectivity index (χ3n) is 2.10. The number of carboxylic acids is 1. The Morgan fingerprint density at radius 1 is 1.21 bits per heavy atom. The van der Waals surface area contributed by atoms with Crippen molar-refractivity contribution in [3.8, 4) is 0 Å². The van der Waals surface area contributed by atoms with E-state index in [0.29, 0.717) is 0 Å². The van der Waals surface area contributed by atoms with Crippen LogP contribution in [0.15, 0.2) is 30.7 Å². The van der Waals surface area contributed by atoms with Gasteiger partial charge in [0.25, 0.3) is 5.91 Å². The van der Waals surface area contributed by atoms with Gasteiger partial charge in [-0.15, -0.1) is 0 Å². The number of anilines is 1. The number of carboxylic acid groups (broad SMARTS) is 1. The van der Waals surface area contributed by atoms with Crippen LogP contribution in [0.1, 0.15) is 20.8 Å². The molecule has 8 heteroatoms. The molecular formula is C11H7ClN4O3. The maximum absolute atomic E-state index is 11.8. The third kappa shape index (κ3) is 3.23. The van der Waals surface area contributed by atoms with E-state index in [1.165, 1.54) is 30.7 Å². The van der Waals surface area contributed by atoms with E-state index in [9.17, 15) is 9.59 Å². The summed E-state index contributed by atoms with van der Waals surface area (Å²) in [4.78, 5) is 33.9. The Morgan fingerprint density at radius 3 is 2.63 bits per heavy atom. The van der Waals surface area contributed by atoms with Gasteiger partial charge >= 0.3 is 5.97 Å². The number of carbonyl (C=O) groups is 2. The Labute approximate surface area is 112 Å². The summed E-state index contributed by atoms with van der Waals surface area (Å²) in [5.41, 5.74) is 0.0689. The second-order valence-corrected chi connectivity index (χ2v) is 3.80. The van der Waals surface area contributed by atoms with Crippen LogP contribution < -0.4 is 5.32 Å². The number of hydrogen-bond donors (Lipinski definition) is 2. The summed E-state index contributed by atoms with van der Waals surface area (Å²) >= 11 is 5.55. The van der Waals surface area contributed by atoms with E-state index < -0.39 is 11.9 Å². The first kappa shape index (κ1) is 12.9. The molecule has 0 aliphatic rings. The first-order valence-electron chi connectivity index (χ1n) is 5.04. The molecule has 2 rings (SSSR count). The SMILES string of the molecule is O=C(O)c1ccnc(NC(=O)c2cnc(Cl)cn2)c1. The van der Waals surface area contributed by atoms with Crippen LogP contribution in [0.3, 0.4) is 0 Å². The minimum atomic E-state index is -1.11. The Morgan fingerprint density at radius 2 is 2.00 bits per heavy atom. The van der Waals surface area contributed by atoms with Gasteiger partial charge < -0.3 is 10.4 Å². The summed E-state index contributed by atoms with van der Waals surface area (Å²) in [5, 5.41) is 11.4. The lowest BCUT2D eigenvalue weighted by Crippen LogP contribution is -2.15. The van der Waals surface area contributed by atoms with E-state index >= 15 is 0 Å². The predicted octanol–water partition coefficient (Wildman–Crippen LogP) is 1.48. The molecule has 0 unspecified atom stereocenters. The number of halogens is 1. The molecule has 0 aliphatic carbocycles. The highest BCUT2D eigenvalue weighted by Crippen LogP contribution is 2.08. The topological polar surface area (TPSA) is 105 Å². The number of nitrogens with one attached hydrogen (secondary N) is 1. The molecule has 0 bridgehead atoms. The molecule has 0 aliphatic heterocycles. The average molecular weight is 279 g/mol. The lowest BCUT2D eigenvalue weighted by molar-refractivity contribution is 0.0696. The van der Waals surface area contributed by atoms with E-state index in [2.05, 4.69) is 20.3 Å². The van der Waals surface area contributed by atoms with Gasteiger partial charge in [0.05, 0.1) is 18.0 Å². The Bertz CT molecular complexity index is 630. The number of nitrogens with zero attached hydrogens (tertiary/aromatic N) is 3. The first-order valence-corrected chi connectivity index (χ1v) is 5.42. The normalized spacial score (nSPS) is 9.95. The predicted molar refractivity (Wildman–Crippen MR) is 66.2 cm³/mol. The van der Waals surface area contributed by atoms with Crippen LogP contribution in [0.4, 0.5) is 5.82 Å².